The predicted molar refractivity (Wildman–Crippen MR) is 70.1 cm³/mol. The van der Waals surface area contributed by atoms with Crippen LogP contribution in [0.25, 0.3) is 10.9 Å². The lowest BCUT2D eigenvalue weighted by Gasteiger charge is -2.21. The van der Waals surface area contributed by atoms with Gasteiger partial charge in [-0.2, -0.15) is 5.10 Å². The van der Waals surface area contributed by atoms with Crippen molar-refractivity contribution in [2.24, 2.45) is 0 Å². The van der Waals surface area contributed by atoms with E-state index in [0.717, 1.165) is 6.54 Å². The van der Waals surface area contributed by atoms with E-state index in [0.29, 0.717) is 12.1 Å². The summed E-state index contributed by atoms with van der Waals surface area (Å²) in [6.45, 7) is 3.22. The van der Waals surface area contributed by atoms with Gasteiger partial charge < -0.3 is 5.32 Å². The Morgan fingerprint density at radius 3 is 3.12 bits per heavy atom. The van der Waals surface area contributed by atoms with Crippen LogP contribution in [0.5, 0.6) is 0 Å². The SMILES string of the molecule is CCNC1CCCC1n1ncc2ccccc21. The van der Waals surface area contributed by atoms with E-state index in [-0.39, 0.29) is 0 Å². The second-order valence-electron chi connectivity index (χ2n) is 4.81. The zero-order valence-corrected chi connectivity index (χ0v) is 10.3. The van der Waals surface area contributed by atoms with Gasteiger partial charge in [0.05, 0.1) is 17.8 Å². The molecular weight excluding hydrogens is 210 g/mol. The minimum atomic E-state index is 0.523. The molecular formula is C14H19N3. The van der Waals surface area contributed by atoms with Crippen LogP contribution < -0.4 is 5.32 Å². The minimum Gasteiger partial charge on any atom is -0.312 e. The van der Waals surface area contributed by atoms with E-state index in [2.05, 4.69) is 46.3 Å². The van der Waals surface area contributed by atoms with Crippen LogP contribution in [0.15, 0.2) is 30.5 Å². The highest BCUT2D eigenvalue weighted by atomic mass is 15.3. The molecule has 2 unspecified atom stereocenters. The van der Waals surface area contributed by atoms with Crippen LogP contribution in [0.1, 0.15) is 32.2 Å². The Morgan fingerprint density at radius 2 is 2.24 bits per heavy atom. The smallest absolute Gasteiger partial charge is 0.0686 e. The van der Waals surface area contributed by atoms with E-state index in [1.807, 2.05) is 6.20 Å². The first-order chi connectivity index (χ1) is 8.40. The average molecular weight is 229 g/mol. The van der Waals surface area contributed by atoms with Gasteiger partial charge in [-0.3, -0.25) is 4.68 Å². The summed E-state index contributed by atoms with van der Waals surface area (Å²) >= 11 is 0. The molecule has 1 aliphatic rings. The molecule has 90 valence electrons. The number of aromatic nitrogens is 2. The summed E-state index contributed by atoms with van der Waals surface area (Å²) in [6, 6.07) is 9.58. The van der Waals surface area contributed by atoms with Crippen LogP contribution in [-0.2, 0) is 0 Å². The molecule has 3 nitrogen and oxygen atoms in total. The normalized spacial score (nSPS) is 24.5. The molecule has 3 heteroatoms. The Bertz CT molecular complexity index is 503. The van der Waals surface area contributed by atoms with Crippen molar-refractivity contribution in [1.82, 2.24) is 15.1 Å². The number of fused-ring (bicyclic) bond motifs is 1. The van der Waals surface area contributed by atoms with Gasteiger partial charge >= 0.3 is 0 Å². The van der Waals surface area contributed by atoms with Crippen molar-refractivity contribution in [2.45, 2.75) is 38.3 Å². The van der Waals surface area contributed by atoms with Crippen molar-refractivity contribution in [1.29, 1.82) is 0 Å². The lowest BCUT2D eigenvalue weighted by molar-refractivity contribution is 0.380. The van der Waals surface area contributed by atoms with Gasteiger partial charge in [-0.05, 0) is 31.9 Å². The standard InChI is InChI=1S/C14H19N3/c1-2-15-12-7-5-9-14(12)17-13-8-4-3-6-11(13)10-16-17/h3-4,6,8,10,12,14-15H,2,5,7,9H2,1H3. The topological polar surface area (TPSA) is 29.9 Å². The molecule has 0 aliphatic heterocycles. The highest BCUT2D eigenvalue weighted by Crippen LogP contribution is 2.32. The summed E-state index contributed by atoms with van der Waals surface area (Å²) in [5, 5.41) is 9.42. The number of likely N-dealkylation sites (N-methyl/N-ethyl adjacent to an activating group) is 1. The van der Waals surface area contributed by atoms with E-state index < -0.39 is 0 Å². The quantitative estimate of drug-likeness (QED) is 0.877. The molecule has 1 aromatic carbocycles. The first-order valence-electron chi connectivity index (χ1n) is 6.56. The highest BCUT2D eigenvalue weighted by Gasteiger charge is 2.29. The fraction of sp³-hybridized carbons (Fsp3) is 0.500. The molecule has 1 saturated carbocycles. The number of para-hydroxylation sites is 1. The number of rotatable bonds is 3. The van der Waals surface area contributed by atoms with Gasteiger partial charge in [-0.1, -0.05) is 25.1 Å². The van der Waals surface area contributed by atoms with Crippen molar-refractivity contribution in [2.75, 3.05) is 6.54 Å². The first kappa shape index (κ1) is 10.8. The minimum absolute atomic E-state index is 0.523. The molecule has 1 N–H and O–H groups in total. The van der Waals surface area contributed by atoms with E-state index in [1.165, 1.54) is 30.2 Å². The van der Waals surface area contributed by atoms with Gasteiger partial charge in [0, 0.05) is 11.4 Å². The third-order valence-corrected chi connectivity index (χ3v) is 3.76. The van der Waals surface area contributed by atoms with Gasteiger partial charge in [0.25, 0.3) is 0 Å². The number of benzene rings is 1. The average Bonchev–Trinajstić information content (AvgIpc) is 2.95. The molecule has 0 amide bonds. The fourth-order valence-electron chi connectivity index (χ4n) is 2.99. The summed E-state index contributed by atoms with van der Waals surface area (Å²) in [4.78, 5) is 0. The van der Waals surface area contributed by atoms with Crippen LogP contribution in [0, 0.1) is 0 Å². The Labute approximate surface area is 102 Å². The van der Waals surface area contributed by atoms with Gasteiger partial charge in [-0.25, -0.2) is 0 Å². The zero-order chi connectivity index (χ0) is 11.7. The number of hydrogen-bond acceptors (Lipinski definition) is 2. The monoisotopic (exact) mass is 229 g/mol. The third kappa shape index (κ3) is 1.84. The number of hydrogen-bond donors (Lipinski definition) is 1. The number of nitrogens with zero attached hydrogens (tertiary/aromatic N) is 2. The maximum Gasteiger partial charge on any atom is 0.0686 e. The Morgan fingerprint density at radius 1 is 1.35 bits per heavy atom. The predicted octanol–water partition coefficient (Wildman–Crippen LogP) is 2.74. The van der Waals surface area contributed by atoms with Gasteiger partial charge in [-0.15, -0.1) is 0 Å². The first-order valence-corrected chi connectivity index (χ1v) is 6.56. The molecule has 2 aromatic rings. The third-order valence-electron chi connectivity index (χ3n) is 3.76. The summed E-state index contributed by atoms with van der Waals surface area (Å²) < 4.78 is 2.22. The van der Waals surface area contributed by atoms with E-state index in [9.17, 15) is 0 Å². The molecule has 2 atom stereocenters. The zero-order valence-electron chi connectivity index (χ0n) is 10.3. The summed E-state index contributed by atoms with van der Waals surface area (Å²) in [7, 11) is 0. The lowest BCUT2D eigenvalue weighted by Crippen LogP contribution is -2.34. The molecule has 3 rings (SSSR count). The largest absolute Gasteiger partial charge is 0.312 e. The second kappa shape index (κ2) is 4.49. The molecule has 1 aromatic heterocycles. The molecule has 0 bridgehead atoms. The molecule has 1 heterocycles. The van der Waals surface area contributed by atoms with Gasteiger partial charge in [0.15, 0.2) is 0 Å². The fourth-order valence-corrected chi connectivity index (χ4v) is 2.99. The number of nitrogens with one attached hydrogen (secondary N) is 1. The van der Waals surface area contributed by atoms with Crippen LogP contribution in [0.3, 0.4) is 0 Å². The Kier molecular flexibility index (Phi) is 2.85. The van der Waals surface area contributed by atoms with Crippen molar-refractivity contribution in [3.05, 3.63) is 30.5 Å². The van der Waals surface area contributed by atoms with Crippen LogP contribution in [-0.4, -0.2) is 22.4 Å². The second-order valence-corrected chi connectivity index (χ2v) is 4.81. The van der Waals surface area contributed by atoms with Gasteiger partial charge in [0.2, 0.25) is 0 Å². The van der Waals surface area contributed by atoms with Crippen molar-refractivity contribution in [3.8, 4) is 0 Å². The maximum absolute atomic E-state index is 4.59. The van der Waals surface area contributed by atoms with Crippen molar-refractivity contribution >= 4 is 10.9 Å². The molecule has 0 spiro atoms. The van der Waals surface area contributed by atoms with Crippen LogP contribution in [0.2, 0.25) is 0 Å². The summed E-state index contributed by atoms with van der Waals surface area (Å²) in [6.07, 6.45) is 5.79. The molecule has 0 radical (unpaired) electrons. The van der Waals surface area contributed by atoms with E-state index in [1.54, 1.807) is 0 Å². The van der Waals surface area contributed by atoms with E-state index >= 15 is 0 Å². The van der Waals surface area contributed by atoms with Crippen LogP contribution in [0.4, 0.5) is 0 Å². The molecule has 1 fully saturated rings. The van der Waals surface area contributed by atoms with Crippen molar-refractivity contribution in [3.63, 3.8) is 0 Å². The highest BCUT2D eigenvalue weighted by molar-refractivity contribution is 5.78. The van der Waals surface area contributed by atoms with Gasteiger partial charge in [0.1, 0.15) is 0 Å². The lowest BCUT2D eigenvalue weighted by atomic mass is 10.1. The molecule has 0 saturated heterocycles. The maximum atomic E-state index is 4.59. The Balaban J connectivity index is 1.97. The van der Waals surface area contributed by atoms with Crippen LogP contribution >= 0.6 is 0 Å². The van der Waals surface area contributed by atoms with E-state index in [4.69, 9.17) is 0 Å². The summed E-state index contributed by atoms with van der Waals surface area (Å²) in [5.74, 6) is 0. The molecule has 17 heavy (non-hydrogen) atoms. The summed E-state index contributed by atoms with van der Waals surface area (Å²) in [5.41, 5.74) is 1.27. The van der Waals surface area contributed by atoms with Crippen molar-refractivity contribution < 1.29 is 0 Å². The molecule has 1 aliphatic carbocycles. The Hall–Kier alpha value is -1.35.